The second-order valence-corrected chi connectivity index (χ2v) is 8.81. The van der Waals surface area contributed by atoms with E-state index in [2.05, 4.69) is 32.5 Å². The maximum atomic E-state index is 14.3. The Morgan fingerprint density at radius 2 is 1.87 bits per heavy atom. The maximum Gasteiger partial charge on any atom is 0.230 e. The number of thioether (sulfide) groups is 1. The normalized spacial score (nSPS) is 14.6. The van der Waals surface area contributed by atoms with E-state index in [9.17, 15) is 9.18 Å². The summed E-state index contributed by atoms with van der Waals surface area (Å²) < 4.78 is 16.3. The minimum absolute atomic E-state index is 0.0643. The minimum atomic E-state index is -0.318. The third-order valence-electron chi connectivity index (χ3n) is 5.32. The summed E-state index contributed by atoms with van der Waals surface area (Å²) in [6.07, 6.45) is 2.03. The summed E-state index contributed by atoms with van der Waals surface area (Å²) in [5.74, 6) is 0.379. The smallest absolute Gasteiger partial charge is 0.230 e. The summed E-state index contributed by atoms with van der Waals surface area (Å²) >= 11 is 1.34. The van der Waals surface area contributed by atoms with Gasteiger partial charge in [-0.15, -0.1) is 10.2 Å². The van der Waals surface area contributed by atoms with Crippen LogP contribution in [0.5, 0.6) is 0 Å². The predicted octanol–water partition coefficient (Wildman–Crippen LogP) is 3.93. The SMILES string of the molecule is CN(C)C(CNC(=O)CSc1nnc(-c2ccccc2F)n1C1CC1)c1ccccc1. The Balaban J connectivity index is 1.40. The molecule has 0 aliphatic heterocycles. The van der Waals surface area contributed by atoms with Crippen molar-refractivity contribution in [3.8, 4) is 11.4 Å². The third-order valence-corrected chi connectivity index (χ3v) is 6.27. The molecule has 4 rings (SSSR count). The lowest BCUT2D eigenvalue weighted by atomic mass is 10.1. The lowest BCUT2D eigenvalue weighted by molar-refractivity contribution is -0.118. The number of halogens is 1. The predicted molar refractivity (Wildman–Crippen MR) is 120 cm³/mol. The molecule has 1 aromatic heterocycles. The molecule has 162 valence electrons. The topological polar surface area (TPSA) is 63.1 Å². The Kier molecular flexibility index (Phi) is 6.67. The molecule has 31 heavy (non-hydrogen) atoms. The van der Waals surface area contributed by atoms with E-state index >= 15 is 0 Å². The number of nitrogens with zero attached hydrogens (tertiary/aromatic N) is 4. The zero-order valence-corrected chi connectivity index (χ0v) is 18.5. The van der Waals surface area contributed by atoms with Crippen LogP contribution >= 0.6 is 11.8 Å². The Hall–Kier alpha value is -2.71. The van der Waals surface area contributed by atoms with Gasteiger partial charge in [0, 0.05) is 12.6 Å². The molecule has 0 bridgehead atoms. The van der Waals surface area contributed by atoms with Crippen LogP contribution in [0.3, 0.4) is 0 Å². The fourth-order valence-corrected chi connectivity index (χ4v) is 4.36. The average Bonchev–Trinajstić information content (AvgIpc) is 3.52. The second kappa shape index (κ2) is 9.62. The van der Waals surface area contributed by atoms with Gasteiger partial charge in [-0.05, 0) is 44.6 Å². The lowest BCUT2D eigenvalue weighted by Gasteiger charge is -2.25. The van der Waals surface area contributed by atoms with E-state index in [4.69, 9.17) is 0 Å². The van der Waals surface area contributed by atoms with E-state index in [0.29, 0.717) is 23.1 Å². The van der Waals surface area contributed by atoms with Crippen molar-refractivity contribution in [1.29, 1.82) is 0 Å². The van der Waals surface area contributed by atoms with Crippen molar-refractivity contribution in [3.63, 3.8) is 0 Å². The monoisotopic (exact) mass is 439 g/mol. The van der Waals surface area contributed by atoms with Gasteiger partial charge in [0.2, 0.25) is 5.91 Å². The van der Waals surface area contributed by atoms with Crippen molar-refractivity contribution in [2.45, 2.75) is 30.1 Å². The molecule has 1 aliphatic rings. The van der Waals surface area contributed by atoms with Crippen molar-refractivity contribution < 1.29 is 9.18 Å². The molecule has 8 heteroatoms. The van der Waals surface area contributed by atoms with Crippen molar-refractivity contribution in [1.82, 2.24) is 25.0 Å². The first kappa shape index (κ1) is 21.5. The van der Waals surface area contributed by atoms with E-state index < -0.39 is 0 Å². The highest BCUT2D eigenvalue weighted by atomic mass is 32.2. The molecule has 1 atom stereocenters. The summed E-state index contributed by atoms with van der Waals surface area (Å²) in [6, 6.07) is 17.1. The number of amides is 1. The molecule has 1 heterocycles. The van der Waals surface area contributed by atoms with E-state index in [1.807, 2.05) is 36.9 Å². The molecule has 1 saturated carbocycles. The summed E-state index contributed by atoms with van der Waals surface area (Å²) in [4.78, 5) is 14.6. The van der Waals surface area contributed by atoms with Crippen LogP contribution in [0.4, 0.5) is 4.39 Å². The van der Waals surface area contributed by atoms with Gasteiger partial charge >= 0.3 is 0 Å². The van der Waals surface area contributed by atoms with Crippen molar-refractivity contribution in [2.24, 2.45) is 0 Å². The van der Waals surface area contributed by atoms with Crippen molar-refractivity contribution >= 4 is 17.7 Å². The fourth-order valence-electron chi connectivity index (χ4n) is 3.53. The number of likely N-dealkylation sites (N-methyl/N-ethyl adjacent to an activating group) is 1. The molecule has 0 saturated heterocycles. The van der Waals surface area contributed by atoms with E-state index in [-0.39, 0.29) is 29.6 Å². The molecular formula is C23H26FN5OS. The Labute approximate surface area is 185 Å². The van der Waals surface area contributed by atoms with Gasteiger partial charge in [0.15, 0.2) is 11.0 Å². The Morgan fingerprint density at radius 3 is 2.55 bits per heavy atom. The number of aromatic nitrogens is 3. The van der Waals surface area contributed by atoms with Gasteiger partial charge in [-0.2, -0.15) is 0 Å². The molecule has 1 N–H and O–H groups in total. The van der Waals surface area contributed by atoms with Crippen LogP contribution in [0.15, 0.2) is 59.8 Å². The molecule has 6 nitrogen and oxygen atoms in total. The molecular weight excluding hydrogens is 413 g/mol. The number of hydrogen-bond acceptors (Lipinski definition) is 5. The van der Waals surface area contributed by atoms with Crippen LogP contribution in [0.25, 0.3) is 11.4 Å². The fraction of sp³-hybridized carbons (Fsp3) is 0.348. The van der Waals surface area contributed by atoms with Crippen LogP contribution in [-0.2, 0) is 4.79 Å². The van der Waals surface area contributed by atoms with Crippen LogP contribution in [-0.4, -0.2) is 52.0 Å². The highest BCUT2D eigenvalue weighted by Gasteiger charge is 2.31. The van der Waals surface area contributed by atoms with Crippen LogP contribution < -0.4 is 5.32 Å². The first-order chi connectivity index (χ1) is 15.0. The summed E-state index contributed by atoms with van der Waals surface area (Å²) in [7, 11) is 4.00. The third kappa shape index (κ3) is 5.14. The van der Waals surface area contributed by atoms with Crippen LogP contribution in [0.1, 0.15) is 30.5 Å². The molecule has 1 aliphatic carbocycles. The highest BCUT2D eigenvalue weighted by molar-refractivity contribution is 7.99. The first-order valence-corrected chi connectivity index (χ1v) is 11.3. The number of rotatable bonds is 9. The molecule has 0 radical (unpaired) electrons. The van der Waals surface area contributed by atoms with Crippen LogP contribution in [0, 0.1) is 5.82 Å². The quantitative estimate of drug-likeness (QED) is 0.512. The molecule has 1 unspecified atom stereocenters. The standard InChI is InChI=1S/C23H26FN5OS/c1-28(2)20(16-8-4-3-5-9-16)14-25-21(30)15-31-23-27-26-22(29(23)17-12-13-17)18-10-6-7-11-19(18)24/h3-11,17,20H,12-15H2,1-2H3,(H,25,30). The van der Waals surface area contributed by atoms with Gasteiger partial charge in [0.05, 0.1) is 17.4 Å². The summed E-state index contributed by atoms with van der Waals surface area (Å²) in [5, 5.41) is 12.2. The number of benzene rings is 2. The van der Waals surface area contributed by atoms with Gasteiger partial charge in [-0.1, -0.05) is 54.2 Å². The van der Waals surface area contributed by atoms with Crippen molar-refractivity contribution in [3.05, 3.63) is 66.0 Å². The van der Waals surface area contributed by atoms with Gasteiger partial charge < -0.3 is 10.2 Å². The molecule has 2 aromatic carbocycles. The minimum Gasteiger partial charge on any atom is -0.353 e. The second-order valence-electron chi connectivity index (χ2n) is 7.87. The molecule has 1 fully saturated rings. The van der Waals surface area contributed by atoms with Crippen LogP contribution in [0.2, 0.25) is 0 Å². The number of carbonyl (C=O) groups excluding carboxylic acids is 1. The zero-order valence-electron chi connectivity index (χ0n) is 17.7. The van der Waals surface area contributed by atoms with E-state index in [1.54, 1.807) is 18.2 Å². The largest absolute Gasteiger partial charge is 0.353 e. The zero-order chi connectivity index (χ0) is 21.8. The number of nitrogens with one attached hydrogen (secondary N) is 1. The Bertz CT molecular complexity index is 1040. The van der Waals surface area contributed by atoms with Gasteiger partial charge in [0.25, 0.3) is 0 Å². The number of hydrogen-bond donors (Lipinski definition) is 1. The lowest BCUT2D eigenvalue weighted by Crippen LogP contribution is -2.35. The summed E-state index contributed by atoms with van der Waals surface area (Å²) in [6.45, 7) is 0.520. The van der Waals surface area contributed by atoms with Gasteiger partial charge in [-0.3, -0.25) is 9.36 Å². The number of carbonyl (C=O) groups is 1. The van der Waals surface area contributed by atoms with E-state index in [1.165, 1.54) is 17.8 Å². The summed E-state index contributed by atoms with van der Waals surface area (Å²) in [5.41, 5.74) is 1.60. The molecule has 1 amide bonds. The van der Waals surface area contributed by atoms with E-state index in [0.717, 1.165) is 18.4 Å². The average molecular weight is 440 g/mol. The molecule has 0 spiro atoms. The van der Waals surface area contributed by atoms with Gasteiger partial charge in [-0.25, -0.2) is 4.39 Å². The molecule has 3 aromatic rings. The van der Waals surface area contributed by atoms with Crippen molar-refractivity contribution in [2.75, 3.05) is 26.4 Å². The Morgan fingerprint density at radius 1 is 1.16 bits per heavy atom. The maximum absolute atomic E-state index is 14.3. The first-order valence-electron chi connectivity index (χ1n) is 10.3. The van der Waals surface area contributed by atoms with Gasteiger partial charge in [0.1, 0.15) is 5.82 Å². The highest BCUT2D eigenvalue weighted by Crippen LogP contribution is 2.41.